The highest BCUT2D eigenvalue weighted by molar-refractivity contribution is 5.89. The largest absolute Gasteiger partial charge is 0.458 e. The molecule has 2 bridgehead atoms. The van der Waals surface area contributed by atoms with Crippen LogP contribution in [-0.2, 0) is 42.8 Å². The van der Waals surface area contributed by atoms with Crippen molar-refractivity contribution in [1.82, 2.24) is 0 Å². The van der Waals surface area contributed by atoms with Crippen LogP contribution in [-0.4, -0.2) is 94.1 Å². The lowest BCUT2D eigenvalue weighted by Crippen LogP contribution is -2.80. The third kappa shape index (κ3) is 4.18. The van der Waals surface area contributed by atoms with E-state index in [0.29, 0.717) is 11.1 Å². The van der Waals surface area contributed by atoms with Gasteiger partial charge in [0, 0.05) is 39.0 Å². The summed E-state index contributed by atoms with van der Waals surface area (Å²) in [7, 11) is 0. The molecule has 2 heterocycles. The summed E-state index contributed by atoms with van der Waals surface area (Å²) >= 11 is 0. The Morgan fingerprint density at radius 3 is 2.18 bits per heavy atom. The Hall–Kier alpha value is -3.32. The van der Waals surface area contributed by atoms with Crippen molar-refractivity contribution in [2.24, 2.45) is 11.3 Å². The van der Waals surface area contributed by atoms with E-state index in [1.165, 1.54) is 20.8 Å². The summed E-state index contributed by atoms with van der Waals surface area (Å²) in [6.07, 6.45) is -6.83. The van der Waals surface area contributed by atoms with Gasteiger partial charge in [0.15, 0.2) is 11.7 Å². The predicted molar refractivity (Wildman–Crippen MR) is 149 cm³/mol. The second-order valence-corrected chi connectivity index (χ2v) is 13.1. The van der Waals surface area contributed by atoms with Gasteiger partial charge in [0.25, 0.3) is 0 Å². The van der Waals surface area contributed by atoms with E-state index in [9.17, 15) is 29.4 Å². The molecule has 0 radical (unpaired) electrons. The lowest BCUT2D eigenvalue weighted by Gasteiger charge is -2.64. The number of hydrogen-bond donors (Lipinski definition) is 2. The van der Waals surface area contributed by atoms with Crippen molar-refractivity contribution in [3.05, 3.63) is 47.0 Å². The highest BCUT2D eigenvalue weighted by Crippen LogP contribution is 2.68. The topological polar surface area (TPSA) is 167 Å². The first-order chi connectivity index (χ1) is 20.6. The van der Waals surface area contributed by atoms with E-state index >= 15 is 0 Å². The Balaban J connectivity index is 1.63. The van der Waals surface area contributed by atoms with Crippen molar-refractivity contribution >= 4 is 23.9 Å². The van der Waals surface area contributed by atoms with Crippen molar-refractivity contribution < 1.29 is 57.8 Å². The molecule has 1 aromatic carbocycles. The fraction of sp³-hybridized carbons (Fsp3) is 0.625. The minimum atomic E-state index is -2.04. The van der Waals surface area contributed by atoms with E-state index in [4.69, 9.17) is 28.4 Å². The summed E-state index contributed by atoms with van der Waals surface area (Å²) in [5.41, 5.74) is -5.20. The minimum absolute atomic E-state index is 0.0162. The van der Waals surface area contributed by atoms with Gasteiger partial charge >= 0.3 is 23.9 Å². The first-order valence-corrected chi connectivity index (χ1v) is 14.8. The summed E-state index contributed by atoms with van der Waals surface area (Å²) < 4.78 is 36.2. The lowest BCUT2D eigenvalue weighted by molar-refractivity contribution is -0.336. The maximum atomic E-state index is 13.8. The molecule has 2 saturated heterocycles. The van der Waals surface area contributed by atoms with E-state index in [0.717, 1.165) is 0 Å². The number of carbonyl (C=O) groups is 4. The smallest absolute Gasteiger partial charge is 0.338 e. The zero-order valence-electron chi connectivity index (χ0n) is 25.5. The fourth-order valence-electron chi connectivity index (χ4n) is 8.44. The first-order valence-electron chi connectivity index (χ1n) is 14.8. The van der Waals surface area contributed by atoms with Crippen LogP contribution in [0.3, 0.4) is 0 Å². The van der Waals surface area contributed by atoms with E-state index in [1.807, 2.05) is 0 Å². The monoisotopic (exact) mass is 614 g/mol. The van der Waals surface area contributed by atoms with Gasteiger partial charge in [0.2, 0.25) is 0 Å². The molecular formula is C32H38O12. The van der Waals surface area contributed by atoms with Crippen LogP contribution in [0.15, 0.2) is 41.5 Å². The fourth-order valence-corrected chi connectivity index (χ4v) is 8.44. The van der Waals surface area contributed by atoms with Crippen molar-refractivity contribution in [3.63, 3.8) is 0 Å². The van der Waals surface area contributed by atoms with E-state index in [1.54, 1.807) is 51.1 Å². The average molecular weight is 615 g/mol. The number of fused-ring (bicyclic) bond motifs is 4. The quantitative estimate of drug-likeness (QED) is 0.214. The zero-order chi connectivity index (χ0) is 32.0. The molecule has 2 saturated carbocycles. The molecule has 0 aromatic heterocycles. The Morgan fingerprint density at radius 1 is 0.955 bits per heavy atom. The predicted octanol–water partition coefficient (Wildman–Crippen LogP) is 1.79. The van der Waals surface area contributed by atoms with Crippen molar-refractivity contribution in [1.29, 1.82) is 0 Å². The highest BCUT2D eigenvalue weighted by Gasteiger charge is 2.86. The molecule has 4 fully saturated rings. The second kappa shape index (κ2) is 10.1. The number of hydrogen-bond acceptors (Lipinski definition) is 12. The number of esters is 4. The van der Waals surface area contributed by atoms with E-state index < -0.39 is 88.6 Å². The number of benzene rings is 1. The second-order valence-electron chi connectivity index (χ2n) is 13.1. The van der Waals surface area contributed by atoms with Crippen molar-refractivity contribution in [2.45, 2.75) is 108 Å². The maximum Gasteiger partial charge on any atom is 0.338 e. The molecule has 0 amide bonds. The molecule has 1 spiro atoms. The lowest BCUT2D eigenvalue weighted by atomic mass is 9.49. The minimum Gasteiger partial charge on any atom is -0.458 e. The molecular weight excluding hydrogens is 576 g/mol. The molecule has 3 aliphatic carbocycles. The molecule has 10 unspecified atom stereocenters. The van der Waals surface area contributed by atoms with Gasteiger partial charge in [-0.1, -0.05) is 32.0 Å². The van der Waals surface area contributed by atoms with Crippen molar-refractivity contribution in [2.75, 3.05) is 6.61 Å². The molecule has 238 valence electrons. The van der Waals surface area contributed by atoms with Gasteiger partial charge in [-0.15, -0.1) is 0 Å². The van der Waals surface area contributed by atoms with Crippen LogP contribution >= 0.6 is 0 Å². The summed E-state index contributed by atoms with van der Waals surface area (Å²) in [4.78, 5) is 51.3. The number of rotatable bonds is 5. The molecule has 2 aliphatic heterocycles. The molecule has 44 heavy (non-hydrogen) atoms. The molecule has 2 N–H and O–H groups in total. The number of epoxide rings is 1. The van der Waals surface area contributed by atoms with Gasteiger partial charge in [0.1, 0.15) is 35.6 Å². The summed E-state index contributed by atoms with van der Waals surface area (Å²) in [5, 5.41) is 24.9. The van der Waals surface area contributed by atoms with Gasteiger partial charge in [0.05, 0.1) is 24.2 Å². The highest BCUT2D eigenvalue weighted by atomic mass is 16.7. The van der Waals surface area contributed by atoms with Crippen molar-refractivity contribution in [3.8, 4) is 0 Å². The van der Waals surface area contributed by atoms with Gasteiger partial charge in [-0.3, -0.25) is 14.4 Å². The van der Waals surface area contributed by atoms with Gasteiger partial charge in [-0.25, -0.2) is 4.79 Å². The normalized spacial score (nSPS) is 41.2. The van der Waals surface area contributed by atoms with Gasteiger partial charge in [-0.2, -0.15) is 0 Å². The van der Waals surface area contributed by atoms with Crippen LogP contribution in [0.2, 0.25) is 0 Å². The van der Waals surface area contributed by atoms with Crippen LogP contribution in [0.4, 0.5) is 0 Å². The first kappa shape index (κ1) is 30.7. The van der Waals surface area contributed by atoms with Crippen LogP contribution in [0.1, 0.15) is 64.7 Å². The third-order valence-corrected chi connectivity index (χ3v) is 10.4. The SMILES string of the molecule is CC(=O)OC1CC2(O)C(OC(=O)c3ccccc3)C3C4(OC(C)=O)COC4CC(O)C34OC4C(OC(C)=O)C(=C1C)C2(C)C. The van der Waals surface area contributed by atoms with Gasteiger partial charge < -0.3 is 38.6 Å². The Morgan fingerprint density at radius 2 is 1.61 bits per heavy atom. The molecule has 10 atom stereocenters. The average Bonchev–Trinajstić information content (AvgIpc) is 3.67. The molecule has 5 aliphatic rings. The summed E-state index contributed by atoms with van der Waals surface area (Å²) in [6, 6.07) is 8.20. The van der Waals surface area contributed by atoms with Crippen LogP contribution in [0, 0.1) is 11.3 Å². The Bertz CT molecular complexity index is 1440. The van der Waals surface area contributed by atoms with E-state index in [-0.39, 0.29) is 25.0 Å². The number of carbonyl (C=O) groups excluding carboxylic acids is 4. The van der Waals surface area contributed by atoms with Gasteiger partial charge in [-0.05, 0) is 30.2 Å². The van der Waals surface area contributed by atoms with E-state index in [2.05, 4.69) is 0 Å². The molecule has 12 heteroatoms. The number of aliphatic hydroxyl groups excluding tert-OH is 1. The zero-order valence-corrected chi connectivity index (χ0v) is 25.5. The molecule has 6 rings (SSSR count). The van der Waals surface area contributed by atoms with Crippen LogP contribution in [0.25, 0.3) is 0 Å². The summed E-state index contributed by atoms with van der Waals surface area (Å²) in [5.74, 6) is -3.83. The number of ether oxygens (including phenoxy) is 6. The molecule has 1 aromatic rings. The molecule has 12 nitrogen and oxygen atoms in total. The third-order valence-electron chi connectivity index (χ3n) is 10.4. The standard InChI is InChI=1S/C32H38O12/c1-15-20(40-16(2)33)13-31(38)27(42-28(37)19-10-8-7-9-11-19)25-30(43-18(4)35)14-39-22(30)12-21(36)32(25)26(44-32)24(41-17(3)34)23(15)29(31,5)6/h7-11,20-22,24-27,36,38H,12-14H2,1-6H3. The van der Waals surface area contributed by atoms with Crippen LogP contribution < -0.4 is 0 Å². The Kier molecular flexibility index (Phi) is 7.04. The number of aliphatic hydroxyl groups is 2. The summed E-state index contributed by atoms with van der Waals surface area (Å²) in [6.45, 7) is 8.80. The van der Waals surface area contributed by atoms with Crippen LogP contribution in [0.5, 0.6) is 0 Å². The maximum absolute atomic E-state index is 13.8. The Labute approximate surface area is 254 Å².